The lowest BCUT2D eigenvalue weighted by Crippen LogP contribution is -2.35. The van der Waals surface area contributed by atoms with Crippen molar-refractivity contribution in [2.75, 3.05) is 13.2 Å². The molecule has 20 heavy (non-hydrogen) atoms. The zero-order chi connectivity index (χ0) is 14.4. The fourth-order valence-electron chi connectivity index (χ4n) is 2.66. The maximum atomic E-state index is 6.15. The van der Waals surface area contributed by atoms with Crippen LogP contribution in [0.3, 0.4) is 0 Å². The fourth-order valence-corrected chi connectivity index (χ4v) is 2.66. The molecule has 1 aromatic carbocycles. The highest BCUT2D eigenvalue weighted by atomic mass is 16.7. The first kappa shape index (κ1) is 15.3. The van der Waals surface area contributed by atoms with Crippen LogP contribution >= 0.6 is 0 Å². The van der Waals surface area contributed by atoms with Gasteiger partial charge in [-0.2, -0.15) is 0 Å². The van der Waals surface area contributed by atoms with Gasteiger partial charge in [-0.3, -0.25) is 0 Å². The number of ether oxygens (including phenoxy) is 3. The first-order chi connectivity index (χ1) is 9.78. The Morgan fingerprint density at radius 2 is 1.90 bits per heavy atom. The van der Waals surface area contributed by atoms with E-state index in [1.807, 2.05) is 31.2 Å². The van der Waals surface area contributed by atoms with Crippen LogP contribution in [0.5, 0.6) is 5.75 Å². The van der Waals surface area contributed by atoms with E-state index in [1.165, 1.54) is 0 Å². The summed E-state index contributed by atoms with van der Waals surface area (Å²) < 4.78 is 17.5. The second kappa shape index (κ2) is 7.65. The van der Waals surface area contributed by atoms with Gasteiger partial charge in [-0.05, 0) is 31.9 Å². The molecule has 1 heterocycles. The Hall–Kier alpha value is -1.06. The number of hydrogen-bond acceptors (Lipinski definition) is 3. The second-order valence-corrected chi connectivity index (χ2v) is 5.30. The predicted molar refractivity (Wildman–Crippen MR) is 79.9 cm³/mol. The third-order valence-corrected chi connectivity index (χ3v) is 3.85. The smallest absolute Gasteiger partial charge is 0.184 e. The van der Waals surface area contributed by atoms with E-state index in [2.05, 4.69) is 13.8 Å². The van der Waals surface area contributed by atoms with Crippen LogP contribution in [-0.4, -0.2) is 19.3 Å². The molecule has 1 saturated heterocycles. The molecule has 112 valence electrons. The molecular weight excluding hydrogens is 252 g/mol. The van der Waals surface area contributed by atoms with Crippen molar-refractivity contribution < 1.29 is 14.2 Å². The van der Waals surface area contributed by atoms with Gasteiger partial charge >= 0.3 is 0 Å². The molecule has 0 saturated carbocycles. The van der Waals surface area contributed by atoms with Gasteiger partial charge in [0, 0.05) is 11.5 Å². The number of rotatable bonds is 6. The van der Waals surface area contributed by atoms with E-state index < -0.39 is 0 Å². The third kappa shape index (κ3) is 3.74. The number of hydrogen-bond donors (Lipinski definition) is 0. The van der Waals surface area contributed by atoms with Gasteiger partial charge in [0.2, 0.25) is 0 Å². The normalized spacial score (nSPS) is 26.4. The van der Waals surface area contributed by atoms with Gasteiger partial charge in [0.1, 0.15) is 5.75 Å². The van der Waals surface area contributed by atoms with E-state index >= 15 is 0 Å². The van der Waals surface area contributed by atoms with Gasteiger partial charge in [-0.25, -0.2) is 0 Å². The lowest BCUT2D eigenvalue weighted by Gasteiger charge is -2.36. The summed E-state index contributed by atoms with van der Waals surface area (Å²) in [5.41, 5.74) is 1.07. The summed E-state index contributed by atoms with van der Waals surface area (Å²) in [5.74, 6) is 1.41. The highest BCUT2D eigenvalue weighted by Gasteiger charge is 2.30. The van der Waals surface area contributed by atoms with Crippen molar-refractivity contribution in [2.45, 2.75) is 52.4 Å². The Kier molecular flexibility index (Phi) is 5.86. The van der Waals surface area contributed by atoms with Crippen molar-refractivity contribution in [3.05, 3.63) is 29.8 Å². The van der Waals surface area contributed by atoms with Crippen LogP contribution in [0.4, 0.5) is 0 Å². The Labute approximate surface area is 122 Å². The monoisotopic (exact) mass is 278 g/mol. The summed E-state index contributed by atoms with van der Waals surface area (Å²) in [7, 11) is 0. The summed E-state index contributed by atoms with van der Waals surface area (Å²) in [6, 6.07) is 8.02. The van der Waals surface area contributed by atoms with Crippen molar-refractivity contribution in [2.24, 2.45) is 5.92 Å². The van der Waals surface area contributed by atoms with Crippen LogP contribution in [0.1, 0.15) is 51.9 Å². The number of benzene rings is 1. The Balaban J connectivity index is 2.01. The van der Waals surface area contributed by atoms with E-state index in [4.69, 9.17) is 14.2 Å². The molecule has 0 N–H and O–H groups in total. The quantitative estimate of drug-likeness (QED) is 0.775. The average Bonchev–Trinajstić information content (AvgIpc) is 2.49. The Morgan fingerprint density at radius 3 is 2.50 bits per heavy atom. The van der Waals surface area contributed by atoms with Gasteiger partial charge in [-0.1, -0.05) is 32.4 Å². The Bertz CT molecular complexity index is 388. The molecule has 1 aliphatic heterocycles. The largest absolute Gasteiger partial charge is 0.494 e. The van der Waals surface area contributed by atoms with Crippen LogP contribution in [-0.2, 0) is 9.47 Å². The molecule has 0 aliphatic carbocycles. The molecule has 0 bridgehead atoms. The minimum Gasteiger partial charge on any atom is -0.494 e. The van der Waals surface area contributed by atoms with Crippen molar-refractivity contribution in [3.63, 3.8) is 0 Å². The van der Waals surface area contributed by atoms with Crippen molar-refractivity contribution in [1.29, 1.82) is 0 Å². The molecule has 3 nitrogen and oxygen atoms in total. The molecule has 0 amide bonds. The van der Waals surface area contributed by atoms with Crippen LogP contribution in [0, 0.1) is 5.92 Å². The van der Waals surface area contributed by atoms with E-state index in [9.17, 15) is 0 Å². The van der Waals surface area contributed by atoms with E-state index in [-0.39, 0.29) is 6.29 Å². The molecule has 3 atom stereocenters. The summed E-state index contributed by atoms with van der Waals surface area (Å²) in [5, 5.41) is 0. The SMILES string of the molecule is CCC[C@@H]1O[C@@H](c2ccc(OCC)cc2)OC[C@H]1CC. The Morgan fingerprint density at radius 1 is 1.15 bits per heavy atom. The molecule has 0 radical (unpaired) electrons. The summed E-state index contributed by atoms with van der Waals surface area (Å²) in [6.07, 6.45) is 3.45. The standard InChI is InChI=1S/C17H26O3/c1-4-7-16-13(5-2)12-19-17(20-16)14-8-10-15(11-9-14)18-6-3/h8-11,13,16-17H,4-7,12H2,1-3H3/t13-,16+,17+/m1/s1. The van der Waals surface area contributed by atoms with Crippen LogP contribution < -0.4 is 4.74 Å². The second-order valence-electron chi connectivity index (χ2n) is 5.30. The van der Waals surface area contributed by atoms with Gasteiger partial charge < -0.3 is 14.2 Å². The van der Waals surface area contributed by atoms with Gasteiger partial charge in [0.25, 0.3) is 0 Å². The minimum absolute atomic E-state index is 0.231. The van der Waals surface area contributed by atoms with Crippen molar-refractivity contribution in [1.82, 2.24) is 0 Å². The molecule has 1 fully saturated rings. The van der Waals surface area contributed by atoms with Crippen LogP contribution in [0.15, 0.2) is 24.3 Å². The van der Waals surface area contributed by atoms with Crippen molar-refractivity contribution in [3.8, 4) is 5.75 Å². The first-order valence-electron chi connectivity index (χ1n) is 7.78. The lowest BCUT2D eigenvalue weighted by molar-refractivity contribution is -0.243. The summed E-state index contributed by atoms with van der Waals surface area (Å²) in [6.45, 7) is 7.88. The molecule has 0 aromatic heterocycles. The maximum Gasteiger partial charge on any atom is 0.184 e. The van der Waals surface area contributed by atoms with Crippen molar-refractivity contribution >= 4 is 0 Å². The molecule has 0 spiro atoms. The summed E-state index contributed by atoms with van der Waals surface area (Å²) >= 11 is 0. The van der Waals surface area contributed by atoms with Crippen LogP contribution in [0.25, 0.3) is 0 Å². The van der Waals surface area contributed by atoms with Crippen LogP contribution in [0.2, 0.25) is 0 Å². The highest BCUT2D eigenvalue weighted by Crippen LogP contribution is 2.33. The van der Waals surface area contributed by atoms with Gasteiger partial charge in [-0.15, -0.1) is 0 Å². The zero-order valence-electron chi connectivity index (χ0n) is 12.8. The maximum absolute atomic E-state index is 6.15. The third-order valence-electron chi connectivity index (χ3n) is 3.85. The van der Waals surface area contributed by atoms with E-state index in [1.54, 1.807) is 0 Å². The van der Waals surface area contributed by atoms with E-state index in [0.29, 0.717) is 18.6 Å². The molecule has 0 unspecified atom stereocenters. The first-order valence-corrected chi connectivity index (χ1v) is 7.78. The molecule has 3 heteroatoms. The zero-order valence-corrected chi connectivity index (χ0v) is 12.8. The minimum atomic E-state index is -0.231. The average molecular weight is 278 g/mol. The molecule has 2 rings (SSSR count). The van der Waals surface area contributed by atoms with Gasteiger partial charge in [0.15, 0.2) is 6.29 Å². The van der Waals surface area contributed by atoms with E-state index in [0.717, 1.165) is 37.2 Å². The topological polar surface area (TPSA) is 27.7 Å². The molecule has 1 aliphatic rings. The highest BCUT2D eigenvalue weighted by molar-refractivity contribution is 5.28. The molecule has 1 aromatic rings. The summed E-state index contributed by atoms with van der Waals surface area (Å²) in [4.78, 5) is 0. The lowest BCUT2D eigenvalue weighted by atomic mass is 9.95. The fraction of sp³-hybridized carbons (Fsp3) is 0.647. The van der Waals surface area contributed by atoms with Gasteiger partial charge in [0.05, 0.1) is 19.3 Å². The molecular formula is C17H26O3. The predicted octanol–water partition coefficient (Wildman–Crippen LogP) is 4.33.